The van der Waals surface area contributed by atoms with E-state index in [4.69, 9.17) is 4.74 Å². The van der Waals surface area contributed by atoms with Gasteiger partial charge in [0.1, 0.15) is 18.2 Å². The van der Waals surface area contributed by atoms with Crippen LogP contribution in [0.3, 0.4) is 0 Å². The summed E-state index contributed by atoms with van der Waals surface area (Å²) in [6, 6.07) is 13.9. The Labute approximate surface area is 151 Å². The number of carbonyl (C=O) groups is 1. The van der Waals surface area contributed by atoms with Crippen LogP contribution < -0.4 is 20.8 Å². The topological polar surface area (TPSA) is 74.8 Å². The van der Waals surface area contributed by atoms with E-state index >= 15 is 0 Å². The molecule has 1 heterocycles. The number of halogens is 1. The number of carbonyl (C=O) groups excluding carboxylic acids is 1. The van der Waals surface area contributed by atoms with Crippen LogP contribution in [0.1, 0.15) is 24.5 Å². The molecule has 0 aromatic heterocycles. The van der Waals surface area contributed by atoms with Gasteiger partial charge in [0, 0.05) is 23.6 Å². The fourth-order valence-corrected chi connectivity index (χ4v) is 2.62. The number of hydrazone groups is 1. The Balaban J connectivity index is 1.61. The summed E-state index contributed by atoms with van der Waals surface area (Å²) in [5, 5.41) is 10.1. The molecule has 26 heavy (non-hydrogen) atoms. The van der Waals surface area contributed by atoms with Crippen molar-refractivity contribution in [3.8, 4) is 5.75 Å². The van der Waals surface area contributed by atoms with Gasteiger partial charge in [-0.15, -0.1) is 0 Å². The van der Waals surface area contributed by atoms with E-state index < -0.39 is 6.29 Å². The molecule has 1 saturated heterocycles. The van der Waals surface area contributed by atoms with Gasteiger partial charge >= 0.3 is 0 Å². The summed E-state index contributed by atoms with van der Waals surface area (Å²) in [5.74, 6) is 0.265. The fourth-order valence-electron chi connectivity index (χ4n) is 2.62. The van der Waals surface area contributed by atoms with Crippen molar-refractivity contribution in [3.63, 3.8) is 0 Å². The van der Waals surface area contributed by atoms with E-state index in [0.29, 0.717) is 17.7 Å². The highest BCUT2D eigenvalue weighted by Crippen LogP contribution is 2.18. The number of ether oxygens (including phenoxy) is 1. The number of nitrogens with zero attached hydrogens (tertiary/aromatic N) is 1. The van der Waals surface area contributed by atoms with Crippen LogP contribution in [0.5, 0.6) is 5.75 Å². The molecule has 2 unspecified atom stereocenters. The van der Waals surface area contributed by atoms with Crippen molar-refractivity contribution in [3.05, 3.63) is 65.5 Å². The second-order valence-corrected chi connectivity index (χ2v) is 6.08. The van der Waals surface area contributed by atoms with Gasteiger partial charge in [0.2, 0.25) is 5.91 Å². The summed E-state index contributed by atoms with van der Waals surface area (Å²) < 4.78 is 19.4. The largest absolute Gasteiger partial charge is 0.488 e. The van der Waals surface area contributed by atoms with Crippen molar-refractivity contribution in [1.82, 2.24) is 16.1 Å². The zero-order valence-electron chi connectivity index (χ0n) is 14.4. The first-order chi connectivity index (χ1) is 12.6. The number of amides is 1. The quantitative estimate of drug-likeness (QED) is 0.547. The Bertz CT molecular complexity index is 797. The molecule has 0 bridgehead atoms. The van der Waals surface area contributed by atoms with Gasteiger partial charge in [-0.25, -0.2) is 4.39 Å². The van der Waals surface area contributed by atoms with Gasteiger partial charge in [-0.3, -0.25) is 15.5 Å². The Kier molecular flexibility index (Phi) is 5.80. The third-order valence-electron chi connectivity index (χ3n) is 3.92. The van der Waals surface area contributed by atoms with Gasteiger partial charge in [0.25, 0.3) is 0 Å². The lowest BCUT2D eigenvalue weighted by atomic mass is 10.2. The Morgan fingerprint density at radius 3 is 2.85 bits per heavy atom. The monoisotopic (exact) mass is 356 g/mol. The lowest BCUT2D eigenvalue weighted by Crippen LogP contribution is -2.60. The van der Waals surface area contributed by atoms with Crippen LogP contribution in [0.15, 0.2) is 53.6 Å². The SMILES string of the molecule is CC1CC(=O)NC(N/N=C/c2ccccc2OCc2ccccc2F)N1. The van der Waals surface area contributed by atoms with Crippen LogP contribution in [0.25, 0.3) is 0 Å². The lowest BCUT2D eigenvalue weighted by molar-refractivity contribution is -0.124. The molecule has 7 heteroatoms. The van der Waals surface area contributed by atoms with Gasteiger partial charge in [-0.05, 0) is 25.1 Å². The maximum atomic E-state index is 13.7. The van der Waals surface area contributed by atoms with Gasteiger partial charge in [-0.1, -0.05) is 30.3 Å². The number of rotatable bonds is 6. The van der Waals surface area contributed by atoms with E-state index in [1.807, 2.05) is 25.1 Å². The zero-order valence-corrected chi connectivity index (χ0v) is 14.4. The summed E-state index contributed by atoms with van der Waals surface area (Å²) in [6.45, 7) is 2.06. The van der Waals surface area contributed by atoms with E-state index in [1.165, 1.54) is 6.07 Å². The number of para-hydroxylation sites is 1. The fraction of sp³-hybridized carbons (Fsp3) is 0.263. The maximum Gasteiger partial charge on any atom is 0.224 e. The number of hydrogen-bond acceptors (Lipinski definition) is 5. The van der Waals surface area contributed by atoms with E-state index in [0.717, 1.165) is 5.56 Å². The molecular formula is C19H21FN4O2. The average molecular weight is 356 g/mol. The predicted octanol–water partition coefficient (Wildman–Crippen LogP) is 2.11. The molecule has 0 radical (unpaired) electrons. The van der Waals surface area contributed by atoms with Gasteiger partial charge in [-0.2, -0.15) is 5.10 Å². The summed E-state index contributed by atoms with van der Waals surface area (Å²) in [5.41, 5.74) is 4.08. The minimum atomic E-state index is -0.422. The minimum absolute atomic E-state index is 0.0300. The van der Waals surface area contributed by atoms with Crippen molar-refractivity contribution in [2.24, 2.45) is 5.10 Å². The van der Waals surface area contributed by atoms with E-state index in [-0.39, 0.29) is 24.4 Å². The number of nitrogens with one attached hydrogen (secondary N) is 3. The molecule has 0 saturated carbocycles. The van der Waals surface area contributed by atoms with Gasteiger partial charge < -0.3 is 10.1 Å². The first kappa shape index (κ1) is 17.9. The molecule has 3 rings (SSSR count). The summed E-state index contributed by atoms with van der Waals surface area (Å²) in [6.07, 6.45) is 1.62. The smallest absolute Gasteiger partial charge is 0.224 e. The van der Waals surface area contributed by atoms with Crippen LogP contribution in [0.2, 0.25) is 0 Å². The number of benzene rings is 2. The molecule has 136 valence electrons. The molecule has 1 aliphatic heterocycles. The van der Waals surface area contributed by atoms with Crippen LogP contribution in [-0.2, 0) is 11.4 Å². The number of hydrogen-bond donors (Lipinski definition) is 3. The van der Waals surface area contributed by atoms with Crippen LogP contribution in [0, 0.1) is 5.82 Å². The van der Waals surface area contributed by atoms with Crippen molar-refractivity contribution >= 4 is 12.1 Å². The molecule has 2 aromatic rings. The van der Waals surface area contributed by atoms with Crippen molar-refractivity contribution in [1.29, 1.82) is 0 Å². The van der Waals surface area contributed by atoms with E-state index in [2.05, 4.69) is 21.2 Å². The first-order valence-corrected chi connectivity index (χ1v) is 8.41. The Hall–Kier alpha value is -2.93. The van der Waals surface area contributed by atoms with E-state index in [1.54, 1.807) is 30.5 Å². The predicted molar refractivity (Wildman–Crippen MR) is 97.0 cm³/mol. The molecular weight excluding hydrogens is 335 g/mol. The Morgan fingerprint density at radius 2 is 2.04 bits per heavy atom. The molecule has 1 aliphatic rings. The second-order valence-electron chi connectivity index (χ2n) is 6.08. The summed E-state index contributed by atoms with van der Waals surface area (Å²) in [7, 11) is 0. The third-order valence-corrected chi connectivity index (χ3v) is 3.92. The van der Waals surface area contributed by atoms with Crippen molar-refractivity contribution in [2.75, 3.05) is 0 Å². The van der Waals surface area contributed by atoms with Crippen LogP contribution in [0.4, 0.5) is 4.39 Å². The molecule has 1 amide bonds. The molecule has 0 spiro atoms. The normalized spacial score (nSPS) is 20.0. The molecule has 2 atom stereocenters. The minimum Gasteiger partial charge on any atom is -0.488 e. The van der Waals surface area contributed by atoms with Crippen LogP contribution >= 0.6 is 0 Å². The molecule has 3 N–H and O–H groups in total. The van der Waals surface area contributed by atoms with Gasteiger partial charge in [0.15, 0.2) is 6.29 Å². The highest BCUT2D eigenvalue weighted by atomic mass is 19.1. The van der Waals surface area contributed by atoms with Crippen molar-refractivity contribution < 1.29 is 13.9 Å². The highest BCUT2D eigenvalue weighted by molar-refractivity contribution is 5.83. The molecule has 6 nitrogen and oxygen atoms in total. The standard InChI is InChI=1S/C19H21FN4O2/c1-13-10-18(25)23-19(22-13)24-21-11-14-6-3-5-9-17(14)26-12-15-7-2-4-8-16(15)20/h2-9,11,13,19,22,24H,10,12H2,1H3,(H,23,25)/b21-11+. The second kappa shape index (κ2) is 8.44. The first-order valence-electron chi connectivity index (χ1n) is 8.41. The lowest BCUT2D eigenvalue weighted by Gasteiger charge is -2.28. The van der Waals surface area contributed by atoms with Gasteiger partial charge in [0.05, 0.1) is 6.21 Å². The van der Waals surface area contributed by atoms with Crippen LogP contribution in [-0.4, -0.2) is 24.5 Å². The molecule has 2 aromatic carbocycles. The average Bonchev–Trinajstić information content (AvgIpc) is 2.61. The molecule has 1 fully saturated rings. The van der Waals surface area contributed by atoms with E-state index in [9.17, 15) is 9.18 Å². The maximum absolute atomic E-state index is 13.7. The van der Waals surface area contributed by atoms with Crippen molar-refractivity contribution in [2.45, 2.75) is 32.3 Å². The zero-order chi connectivity index (χ0) is 18.4. The third kappa shape index (κ3) is 4.80. The summed E-state index contributed by atoms with van der Waals surface area (Å²) >= 11 is 0. The summed E-state index contributed by atoms with van der Waals surface area (Å²) in [4.78, 5) is 11.5. The molecule has 0 aliphatic carbocycles. The highest BCUT2D eigenvalue weighted by Gasteiger charge is 2.21. The Morgan fingerprint density at radius 1 is 1.27 bits per heavy atom.